The van der Waals surface area contributed by atoms with Crippen molar-refractivity contribution in [1.82, 2.24) is 0 Å². The SMILES string of the molecule is CCCCCCC1CC2C(CCCCCCCC(O)OCC3CO3)C(CCCCCCCC(=O)OCC3CO3)[C@@H]3CCC3C2CC1CCCC. The Morgan fingerprint density at radius 3 is 1.82 bits per heavy atom. The summed E-state index contributed by atoms with van der Waals surface area (Å²) in [6.45, 7) is 7.26. The lowest BCUT2D eigenvalue weighted by molar-refractivity contribution is -0.144. The largest absolute Gasteiger partial charge is 0.463 e. The topological polar surface area (TPSA) is 80.8 Å². The molecule has 3 aliphatic carbocycles. The number of carbonyl (C=O) groups excluding carboxylic acids is 1. The molecule has 0 amide bonds. The molecular weight excluding hydrogens is 624 g/mol. The number of aliphatic hydroxyl groups excluding tert-OH is 1. The Bertz CT molecular complexity index is 918. The average molecular weight is 703 g/mol. The van der Waals surface area contributed by atoms with Gasteiger partial charge in [0.15, 0.2) is 6.29 Å². The highest BCUT2D eigenvalue weighted by molar-refractivity contribution is 5.69. The molecule has 0 spiro atoms. The van der Waals surface area contributed by atoms with Gasteiger partial charge in [-0.3, -0.25) is 4.79 Å². The summed E-state index contributed by atoms with van der Waals surface area (Å²) >= 11 is 0. The van der Waals surface area contributed by atoms with E-state index in [1.54, 1.807) is 12.8 Å². The van der Waals surface area contributed by atoms with Gasteiger partial charge in [0, 0.05) is 6.42 Å². The maximum Gasteiger partial charge on any atom is 0.305 e. The monoisotopic (exact) mass is 703 g/mol. The van der Waals surface area contributed by atoms with Crippen LogP contribution in [0.1, 0.15) is 181 Å². The summed E-state index contributed by atoms with van der Waals surface area (Å²) < 4.78 is 21.2. The summed E-state index contributed by atoms with van der Waals surface area (Å²) in [4.78, 5) is 12.0. The molecule has 10 unspecified atom stereocenters. The fraction of sp³-hybridized carbons (Fsp3) is 0.977. The Kier molecular flexibility index (Phi) is 18.2. The summed E-state index contributed by atoms with van der Waals surface area (Å²) in [7, 11) is 0. The Morgan fingerprint density at radius 1 is 0.620 bits per heavy atom. The van der Waals surface area contributed by atoms with Gasteiger partial charge in [-0.1, -0.05) is 117 Å². The van der Waals surface area contributed by atoms with E-state index >= 15 is 0 Å². The number of esters is 1. The predicted octanol–water partition coefficient (Wildman–Crippen LogP) is 10.8. The maximum absolute atomic E-state index is 12.0. The molecule has 2 aliphatic heterocycles. The molecule has 290 valence electrons. The average Bonchev–Trinajstić information content (AvgIpc) is 4.04. The van der Waals surface area contributed by atoms with Crippen molar-refractivity contribution >= 4 is 5.97 Å². The quantitative estimate of drug-likeness (QED) is 0.0362. The molecule has 2 saturated heterocycles. The molecule has 0 aromatic carbocycles. The van der Waals surface area contributed by atoms with Crippen molar-refractivity contribution in [3.8, 4) is 0 Å². The minimum absolute atomic E-state index is 0.0461. The van der Waals surface area contributed by atoms with Crippen LogP contribution in [-0.4, -0.2) is 56.0 Å². The Hall–Kier alpha value is -0.690. The van der Waals surface area contributed by atoms with Crippen molar-refractivity contribution < 1.29 is 28.8 Å². The van der Waals surface area contributed by atoms with Crippen LogP contribution in [0.2, 0.25) is 0 Å². The van der Waals surface area contributed by atoms with Gasteiger partial charge in [-0.15, -0.1) is 0 Å². The fourth-order valence-electron chi connectivity index (χ4n) is 10.8. The van der Waals surface area contributed by atoms with Gasteiger partial charge in [0.1, 0.15) is 18.8 Å². The molecule has 0 aromatic rings. The molecule has 5 aliphatic rings. The zero-order valence-corrected chi connectivity index (χ0v) is 32.6. The Morgan fingerprint density at radius 2 is 1.16 bits per heavy atom. The standard InChI is InChI=1S/C44H78O6/c1-3-5-7-14-20-34-28-41-38(22-16-11-9-13-18-24-44(46)50-32-36-30-48-36)37(39-25-26-40(39)42(41)27-33(34)19-6-4-2)21-15-10-8-12-17-23-43(45)49-31-35-29-47-35/h33-42,44,46H,3-32H2,1-2H3/t33?,34?,35?,36?,37?,38?,39-,40?,41?,42?,44?/m0/s1. The number of hydrogen-bond acceptors (Lipinski definition) is 6. The molecule has 11 atom stereocenters. The zero-order valence-electron chi connectivity index (χ0n) is 32.6. The third kappa shape index (κ3) is 13.6. The van der Waals surface area contributed by atoms with E-state index in [0.717, 1.165) is 86.2 Å². The molecule has 0 aromatic heterocycles. The van der Waals surface area contributed by atoms with Crippen LogP contribution < -0.4 is 0 Å². The lowest BCUT2D eigenvalue weighted by Crippen LogP contribution is -2.54. The minimum atomic E-state index is -0.624. The van der Waals surface area contributed by atoms with Gasteiger partial charge in [0.2, 0.25) is 0 Å². The first-order valence-corrected chi connectivity index (χ1v) is 22.3. The van der Waals surface area contributed by atoms with E-state index in [4.69, 9.17) is 18.9 Å². The molecule has 1 N–H and O–H groups in total. The van der Waals surface area contributed by atoms with Crippen LogP contribution in [0.4, 0.5) is 0 Å². The van der Waals surface area contributed by atoms with Crippen molar-refractivity contribution in [2.45, 2.75) is 199 Å². The number of rotatable bonds is 29. The van der Waals surface area contributed by atoms with Gasteiger partial charge in [-0.25, -0.2) is 0 Å². The minimum Gasteiger partial charge on any atom is -0.463 e. The van der Waals surface area contributed by atoms with E-state index < -0.39 is 6.29 Å². The summed E-state index contributed by atoms with van der Waals surface area (Å²) in [6, 6.07) is 0. The number of hydrogen-bond donors (Lipinski definition) is 1. The third-order valence-corrected chi connectivity index (χ3v) is 13.9. The molecule has 6 nitrogen and oxygen atoms in total. The Labute approximate surface area is 307 Å². The van der Waals surface area contributed by atoms with Gasteiger partial charge in [0.05, 0.1) is 19.8 Å². The van der Waals surface area contributed by atoms with Crippen LogP contribution in [0, 0.1) is 47.3 Å². The first-order chi connectivity index (χ1) is 24.6. The van der Waals surface area contributed by atoms with E-state index in [1.165, 1.54) is 122 Å². The second kappa shape index (κ2) is 22.5. The van der Waals surface area contributed by atoms with Crippen molar-refractivity contribution in [3.63, 3.8) is 0 Å². The highest BCUT2D eigenvalue weighted by Gasteiger charge is 2.55. The predicted molar refractivity (Wildman–Crippen MR) is 202 cm³/mol. The lowest BCUT2D eigenvalue weighted by atomic mass is 9.44. The van der Waals surface area contributed by atoms with E-state index in [-0.39, 0.29) is 18.2 Å². The second-order valence-corrected chi connectivity index (χ2v) is 17.6. The van der Waals surface area contributed by atoms with Crippen LogP contribution in [0.25, 0.3) is 0 Å². The van der Waals surface area contributed by atoms with E-state index in [2.05, 4.69) is 13.8 Å². The number of aliphatic hydroxyl groups is 1. The first kappa shape index (κ1) is 40.5. The lowest BCUT2D eigenvalue weighted by Gasteiger charge is -2.61. The van der Waals surface area contributed by atoms with Gasteiger partial charge < -0.3 is 24.1 Å². The molecule has 5 fully saturated rings. The van der Waals surface area contributed by atoms with E-state index in [0.29, 0.717) is 19.6 Å². The van der Waals surface area contributed by atoms with E-state index in [9.17, 15) is 9.90 Å². The molecule has 6 heteroatoms. The molecule has 0 bridgehead atoms. The molecule has 5 rings (SSSR count). The van der Waals surface area contributed by atoms with Crippen LogP contribution in [0.5, 0.6) is 0 Å². The van der Waals surface area contributed by atoms with Crippen molar-refractivity contribution in [2.75, 3.05) is 26.4 Å². The second-order valence-electron chi connectivity index (χ2n) is 17.6. The van der Waals surface area contributed by atoms with Crippen molar-refractivity contribution in [1.29, 1.82) is 0 Å². The molecular formula is C44H78O6. The van der Waals surface area contributed by atoms with Crippen molar-refractivity contribution in [3.05, 3.63) is 0 Å². The van der Waals surface area contributed by atoms with Crippen LogP contribution in [-0.2, 0) is 23.7 Å². The maximum atomic E-state index is 12.0. The summed E-state index contributed by atoms with van der Waals surface area (Å²) in [6.07, 6.45) is 33.9. The van der Waals surface area contributed by atoms with Gasteiger partial charge in [0.25, 0.3) is 0 Å². The smallest absolute Gasteiger partial charge is 0.305 e. The molecule has 0 radical (unpaired) electrons. The normalized spacial score (nSPS) is 33.3. The van der Waals surface area contributed by atoms with E-state index in [1.807, 2.05) is 0 Å². The van der Waals surface area contributed by atoms with Crippen LogP contribution in [0.15, 0.2) is 0 Å². The van der Waals surface area contributed by atoms with Crippen LogP contribution >= 0.6 is 0 Å². The number of ether oxygens (including phenoxy) is 4. The van der Waals surface area contributed by atoms with Crippen LogP contribution in [0.3, 0.4) is 0 Å². The zero-order chi connectivity index (χ0) is 35.0. The van der Waals surface area contributed by atoms with Gasteiger partial charge in [-0.2, -0.15) is 0 Å². The highest BCUT2D eigenvalue weighted by atomic mass is 16.6. The fourth-order valence-corrected chi connectivity index (χ4v) is 10.8. The summed E-state index contributed by atoms with van der Waals surface area (Å²) in [5.41, 5.74) is 0. The highest BCUT2D eigenvalue weighted by Crippen LogP contribution is 2.63. The number of fused-ring (bicyclic) bond motifs is 3. The summed E-state index contributed by atoms with van der Waals surface area (Å²) in [5.74, 6) is 7.83. The molecule has 50 heavy (non-hydrogen) atoms. The van der Waals surface area contributed by atoms with Crippen molar-refractivity contribution in [2.24, 2.45) is 47.3 Å². The molecule has 3 saturated carbocycles. The number of epoxide rings is 2. The van der Waals surface area contributed by atoms with Gasteiger partial charge in [-0.05, 0) is 105 Å². The number of carbonyl (C=O) groups is 1. The first-order valence-electron chi connectivity index (χ1n) is 22.3. The van der Waals surface area contributed by atoms with Gasteiger partial charge >= 0.3 is 5.97 Å². The summed E-state index contributed by atoms with van der Waals surface area (Å²) in [5, 5.41) is 10.1. The third-order valence-electron chi connectivity index (χ3n) is 13.9. The number of unbranched alkanes of at least 4 members (excludes halogenated alkanes) is 12. The molecule has 2 heterocycles. The Balaban J connectivity index is 1.10.